The zero-order valence-electron chi connectivity index (χ0n) is 6.64. The molecule has 0 amide bonds. The number of aromatic nitrogens is 2. The summed E-state index contributed by atoms with van der Waals surface area (Å²) in [6, 6.07) is 0.729. The Labute approximate surface area is 84.2 Å². The Morgan fingerprint density at radius 2 is 2.17 bits per heavy atom. The molecule has 1 fully saturated rings. The second-order valence-electron chi connectivity index (χ2n) is 2.75. The maximum absolute atomic E-state index is 5.41. The lowest BCUT2D eigenvalue weighted by Gasteiger charge is -1.92. The van der Waals surface area contributed by atoms with Crippen LogP contribution in [0, 0.1) is 0 Å². The van der Waals surface area contributed by atoms with Crippen molar-refractivity contribution < 1.29 is 0 Å². The summed E-state index contributed by atoms with van der Waals surface area (Å²) in [5.74, 6) is 0. The SMILES string of the molecule is Cl.Cl.NCc1cn(C2CC2)cn1. The number of hydrogen-bond donors (Lipinski definition) is 1. The zero-order chi connectivity index (χ0) is 6.97. The van der Waals surface area contributed by atoms with Gasteiger partial charge in [0.2, 0.25) is 0 Å². The molecule has 2 N–H and O–H groups in total. The van der Waals surface area contributed by atoms with E-state index in [1.165, 1.54) is 12.8 Å². The summed E-state index contributed by atoms with van der Waals surface area (Å²) in [5, 5.41) is 0. The van der Waals surface area contributed by atoms with Crippen LogP contribution in [0.5, 0.6) is 0 Å². The molecule has 0 unspecified atom stereocenters. The van der Waals surface area contributed by atoms with Gasteiger partial charge in [0.25, 0.3) is 0 Å². The number of rotatable bonds is 2. The minimum atomic E-state index is 0. The summed E-state index contributed by atoms with van der Waals surface area (Å²) in [6.07, 6.45) is 6.53. The molecule has 2 rings (SSSR count). The van der Waals surface area contributed by atoms with Gasteiger partial charge in [-0.1, -0.05) is 0 Å². The van der Waals surface area contributed by atoms with Crippen LogP contribution >= 0.6 is 24.8 Å². The molecular formula is C7H13Cl2N3. The standard InChI is InChI=1S/C7H11N3.2ClH/c8-3-6-4-10(5-9-6)7-1-2-7;;/h4-5,7H,1-3,8H2;2*1H. The first-order valence-corrected chi connectivity index (χ1v) is 3.62. The van der Waals surface area contributed by atoms with Crippen molar-refractivity contribution in [2.45, 2.75) is 25.4 Å². The summed E-state index contributed by atoms with van der Waals surface area (Å²) >= 11 is 0. The van der Waals surface area contributed by atoms with Crippen LogP contribution in [0.15, 0.2) is 12.5 Å². The van der Waals surface area contributed by atoms with Crippen molar-refractivity contribution in [3.05, 3.63) is 18.2 Å². The molecule has 1 saturated carbocycles. The van der Waals surface area contributed by atoms with Crippen LogP contribution < -0.4 is 5.73 Å². The average Bonchev–Trinajstić information content (AvgIpc) is 2.70. The van der Waals surface area contributed by atoms with Crippen molar-refractivity contribution in [3.8, 4) is 0 Å². The van der Waals surface area contributed by atoms with Gasteiger partial charge in [0.05, 0.1) is 12.0 Å². The van der Waals surface area contributed by atoms with Crippen molar-refractivity contribution in [1.29, 1.82) is 0 Å². The fourth-order valence-electron chi connectivity index (χ4n) is 1.06. The van der Waals surface area contributed by atoms with E-state index in [2.05, 4.69) is 9.55 Å². The van der Waals surface area contributed by atoms with E-state index < -0.39 is 0 Å². The van der Waals surface area contributed by atoms with Gasteiger partial charge in [-0.05, 0) is 12.8 Å². The predicted octanol–water partition coefficient (Wildman–Crippen LogP) is 1.52. The Morgan fingerprint density at radius 3 is 2.58 bits per heavy atom. The van der Waals surface area contributed by atoms with Crippen molar-refractivity contribution in [2.24, 2.45) is 5.73 Å². The van der Waals surface area contributed by atoms with Crippen LogP contribution in [-0.4, -0.2) is 9.55 Å². The Bertz CT molecular complexity index is 232. The number of nitrogens with zero attached hydrogens (tertiary/aromatic N) is 2. The molecule has 3 nitrogen and oxygen atoms in total. The second-order valence-corrected chi connectivity index (χ2v) is 2.75. The lowest BCUT2D eigenvalue weighted by molar-refractivity contribution is 0.739. The number of halogens is 2. The van der Waals surface area contributed by atoms with Crippen LogP contribution in [-0.2, 0) is 6.54 Å². The first kappa shape index (κ1) is 11.8. The summed E-state index contributed by atoms with van der Waals surface area (Å²) in [7, 11) is 0. The molecule has 1 aliphatic rings. The monoisotopic (exact) mass is 209 g/mol. The summed E-state index contributed by atoms with van der Waals surface area (Å²) in [4.78, 5) is 4.13. The van der Waals surface area contributed by atoms with Gasteiger partial charge in [0.1, 0.15) is 0 Å². The molecule has 70 valence electrons. The highest BCUT2D eigenvalue weighted by molar-refractivity contribution is 5.85. The van der Waals surface area contributed by atoms with Gasteiger partial charge in [-0.3, -0.25) is 0 Å². The van der Waals surface area contributed by atoms with Crippen molar-refractivity contribution in [2.75, 3.05) is 0 Å². The van der Waals surface area contributed by atoms with E-state index in [1.807, 2.05) is 12.5 Å². The zero-order valence-corrected chi connectivity index (χ0v) is 8.27. The van der Waals surface area contributed by atoms with Crippen LogP contribution in [0.4, 0.5) is 0 Å². The van der Waals surface area contributed by atoms with E-state index >= 15 is 0 Å². The van der Waals surface area contributed by atoms with Crippen molar-refractivity contribution in [3.63, 3.8) is 0 Å². The van der Waals surface area contributed by atoms with Crippen LogP contribution in [0.2, 0.25) is 0 Å². The van der Waals surface area contributed by atoms with E-state index in [-0.39, 0.29) is 24.8 Å². The Hall–Kier alpha value is -0.250. The normalized spacial score (nSPS) is 14.8. The van der Waals surface area contributed by atoms with Crippen molar-refractivity contribution in [1.82, 2.24) is 9.55 Å². The summed E-state index contributed by atoms with van der Waals surface area (Å²) in [5.41, 5.74) is 6.40. The first-order chi connectivity index (χ1) is 4.90. The molecule has 0 saturated heterocycles. The molecule has 5 heteroatoms. The van der Waals surface area contributed by atoms with E-state index in [9.17, 15) is 0 Å². The third-order valence-corrected chi connectivity index (χ3v) is 1.83. The maximum atomic E-state index is 5.41. The average molecular weight is 210 g/mol. The first-order valence-electron chi connectivity index (χ1n) is 3.62. The molecule has 12 heavy (non-hydrogen) atoms. The van der Waals surface area contributed by atoms with Gasteiger partial charge in [-0.2, -0.15) is 0 Å². The topological polar surface area (TPSA) is 43.8 Å². The van der Waals surface area contributed by atoms with E-state index in [0.717, 1.165) is 11.7 Å². The number of nitrogens with two attached hydrogens (primary N) is 1. The summed E-state index contributed by atoms with van der Waals surface area (Å²) in [6.45, 7) is 0.555. The number of hydrogen-bond acceptors (Lipinski definition) is 2. The smallest absolute Gasteiger partial charge is 0.0952 e. The maximum Gasteiger partial charge on any atom is 0.0952 e. The van der Waals surface area contributed by atoms with Gasteiger partial charge in [0, 0.05) is 18.8 Å². The molecule has 0 radical (unpaired) electrons. The molecule has 1 heterocycles. The Morgan fingerprint density at radius 1 is 1.50 bits per heavy atom. The fraction of sp³-hybridized carbons (Fsp3) is 0.571. The predicted molar refractivity (Wildman–Crippen MR) is 52.9 cm³/mol. The van der Waals surface area contributed by atoms with E-state index in [4.69, 9.17) is 5.73 Å². The van der Waals surface area contributed by atoms with E-state index in [0.29, 0.717) is 6.54 Å². The third-order valence-electron chi connectivity index (χ3n) is 1.83. The van der Waals surface area contributed by atoms with Crippen LogP contribution in [0.1, 0.15) is 24.6 Å². The lowest BCUT2D eigenvalue weighted by atomic mass is 10.5. The second kappa shape index (κ2) is 4.70. The minimum absolute atomic E-state index is 0. The fourth-order valence-corrected chi connectivity index (χ4v) is 1.06. The van der Waals surface area contributed by atoms with Gasteiger partial charge < -0.3 is 10.3 Å². The molecule has 1 aliphatic carbocycles. The lowest BCUT2D eigenvalue weighted by Crippen LogP contribution is -1.95. The Balaban J connectivity index is 0.000000605. The molecular weight excluding hydrogens is 197 g/mol. The molecule has 0 aromatic carbocycles. The van der Waals surface area contributed by atoms with Gasteiger partial charge in [0.15, 0.2) is 0 Å². The highest BCUT2D eigenvalue weighted by atomic mass is 35.5. The minimum Gasteiger partial charge on any atom is -0.334 e. The van der Waals surface area contributed by atoms with Gasteiger partial charge >= 0.3 is 0 Å². The highest BCUT2D eigenvalue weighted by Crippen LogP contribution is 2.34. The molecule has 0 atom stereocenters. The van der Waals surface area contributed by atoms with Crippen LogP contribution in [0.25, 0.3) is 0 Å². The Kier molecular flexibility index (Phi) is 4.60. The van der Waals surface area contributed by atoms with Gasteiger partial charge in [-0.15, -0.1) is 24.8 Å². The van der Waals surface area contributed by atoms with Gasteiger partial charge in [-0.25, -0.2) is 4.98 Å². The van der Waals surface area contributed by atoms with E-state index in [1.54, 1.807) is 0 Å². The quantitative estimate of drug-likeness (QED) is 0.804. The largest absolute Gasteiger partial charge is 0.334 e. The summed E-state index contributed by atoms with van der Waals surface area (Å²) < 4.78 is 2.15. The molecule has 0 aliphatic heterocycles. The highest BCUT2D eigenvalue weighted by Gasteiger charge is 2.22. The van der Waals surface area contributed by atoms with Crippen molar-refractivity contribution >= 4 is 24.8 Å². The van der Waals surface area contributed by atoms with Crippen LogP contribution in [0.3, 0.4) is 0 Å². The molecule has 1 aromatic rings. The third kappa shape index (κ3) is 2.37. The molecule has 1 aromatic heterocycles. The molecule has 0 spiro atoms. The molecule has 0 bridgehead atoms. The number of imidazole rings is 1.